The predicted octanol–water partition coefficient (Wildman–Crippen LogP) is 1.12. The molecule has 0 aliphatic carbocycles. The van der Waals surface area contributed by atoms with Crippen LogP contribution in [0.25, 0.3) is 0 Å². The number of hydrogen-bond donors (Lipinski definition) is 1. The molecule has 1 aromatic heterocycles. The molecular formula is C12H22N4O2. The van der Waals surface area contributed by atoms with Crippen LogP contribution in [0.5, 0.6) is 0 Å². The summed E-state index contributed by atoms with van der Waals surface area (Å²) >= 11 is 0. The third-order valence-electron chi connectivity index (χ3n) is 2.49. The minimum absolute atomic E-state index is 0.135. The number of methoxy groups -OCH3 is 1. The van der Waals surface area contributed by atoms with Crippen molar-refractivity contribution in [1.29, 1.82) is 0 Å². The first-order chi connectivity index (χ1) is 8.76. The average molecular weight is 254 g/mol. The highest BCUT2D eigenvalue weighted by Gasteiger charge is 2.02. The number of carbonyl (C=O) groups excluding carboxylic acids is 1. The average Bonchev–Trinajstić information content (AvgIpc) is 2.80. The molecule has 18 heavy (non-hydrogen) atoms. The Morgan fingerprint density at radius 2 is 2.33 bits per heavy atom. The van der Waals surface area contributed by atoms with Gasteiger partial charge in [0.25, 0.3) is 0 Å². The van der Waals surface area contributed by atoms with Gasteiger partial charge in [-0.15, -0.1) is 5.10 Å². The highest BCUT2D eigenvalue weighted by Crippen LogP contribution is 2.00. The van der Waals surface area contributed by atoms with Crippen molar-refractivity contribution in [3.8, 4) is 0 Å². The molecule has 0 radical (unpaired) electrons. The second kappa shape index (κ2) is 8.63. The molecule has 0 spiro atoms. The van der Waals surface area contributed by atoms with Gasteiger partial charge < -0.3 is 10.1 Å². The lowest BCUT2D eigenvalue weighted by molar-refractivity contribution is -0.121. The van der Waals surface area contributed by atoms with Crippen molar-refractivity contribution in [1.82, 2.24) is 20.3 Å². The second-order valence-electron chi connectivity index (χ2n) is 4.21. The van der Waals surface area contributed by atoms with E-state index in [-0.39, 0.29) is 5.91 Å². The van der Waals surface area contributed by atoms with E-state index in [0.717, 1.165) is 38.0 Å². The zero-order valence-corrected chi connectivity index (χ0v) is 11.2. The fraction of sp³-hybridized carbons (Fsp3) is 0.750. The van der Waals surface area contributed by atoms with Crippen LogP contribution in [0.4, 0.5) is 0 Å². The molecule has 0 aromatic carbocycles. The standard InChI is InChI=1S/C12H22N4O2/c1-3-7-13-12(17)6-4-5-8-16-9-11(10-18-2)14-15-16/h9H,3-8,10H2,1-2H3,(H,13,17). The van der Waals surface area contributed by atoms with E-state index >= 15 is 0 Å². The number of amides is 1. The SMILES string of the molecule is CCCNC(=O)CCCCn1cc(COC)nn1. The van der Waals surface area contributed by atoms with Crippen LogP contribution >= 0.6 is 0 Å². The molecule has 0 saturated carbocycles. The van der Waals surface area contributed by atoms with E-state index in [1.807, 2.05) is 13.1 Å². The summed E-state index contributed by atoms with van der Waals surface area (Å²) in [6, 6.07) is 0. The normalized spacial score (nSPS) is 10.6. The summed E-state index contributed by atoms with van der Waals surface area (Å²) in [5.74, 6) is 0.135. The molecule has 0 unspecified atom stereocenters. The Morgan fingerprint density at radius 1 is 1.50 bits per heavy atom. The molecule has 0 fully saturated rings. The number of rotatable bonds is 9. The number of aromatic nitrogens is 3. The van der Waals surface area contributed by atoms with Crippen molar-refractivity contribution in [2.24, 2.45) is 0 Å². The fourth-order valence-corrected chi connectivity index (χ4v) is 1.57. The summed E-state index contributed by atoms with van der Waals surface area (Å²) in [7, 11) is 1.63. The van der Waals surface area contributed by atoms with Crippen molar-refractivity contribution in [3.63, 3.8) is 0 Å². The molecule has 1 heterocycles. The monoisotopic (exact) mass is 254 g/mol. The molecule has 1 amide bonds. The third kappa shape index (κ3) is 5.77. The van der Waals surface area contributed by atoms with Gasteiger partial charge in [-0.05, 0) is 19.3 Å². The molecule has 0 bridgehead atoms. The zero-order chi connectivity index (χ0) is 13.2. The molecule has 102 valence electrons. The maximum Gasteiger partial charge on any atom is 0.219 e. The van der Waals surface area contributed by atoms with Gasteiger partial charge in [0.1, 0.15) is 5.69 Å². The largest absolute Gasteiger partial charge is 0.378 e. The summed E-state index contributed by atoms with van der Waals surface area (Å²) < 4.78 is 6.76. The van der Waals surface area contributed by atoms with Gasteiger partial charge in [-0.25, -0.2) is 0 Å². The summed E-state index contributed by atoms with van der Waals surface area (Å²) in [6.07, 6.45) is 5.23. The summed E-state index contributed by atoms with van der Waals surface area (Å²) in [5, 5.41) is 10.8. The van der Waals surface area contributed by atoms with Gasteiger partial charge in [0, 0.05) is 26.6 Å². The minimum atomic E-state index is 0.135. The van der Waals surface area contributed by atoms with Crippen molar-refractivity contribution in [2.75, 3.05) is 13.7 Å². The van der Waals surface area contributed by atoms with E-state index in [1.165, 1.54) is 0 Å². The first-order valence-corrected chi connectivity index (χ1v) is 6.41. The van der Waals surface area contributed by atoms with Crippen LogP contribution in [0.2, 0.25) is 0 Å². The Balaban J connectivity index is 2.11. The molecule has 6 nitrogen and oxygen atoms in total. The highest BCUT2D eigenvalue weighted by molar-refractivity contribution is 5.75. The zero-order valence-electron chi connectivity index (χ0n) is 11.2. The number of ether oxygens (including phenoxy) is 1. The van der Waals surface area contributed by atoms with Crippen LogP contribution in [-0.2, 0) is 22.7 Å². The van der Waals surface area contributed by atoms with Crippen molar-refractivity contribution < 1.29 is 9.53 Å². The van der Waals surface area contributed by atoms with Crippen molar-refractivity contribution >= 4 is 5.91 Å². The maximum absolute atomic E-state index is 11.3. The molecule has 0 atom stereocenters. The first-order valence-electron chi connectivity index (χ1n) is 6.41. The number of carbonyl (C=O) groups is 1. The van der Waals surface area contributed by atoms with E-state index < -0.39 is 0 Å². The molecule has 0 aliphatic rings. The Bertz CT molecular complexity index is 352. The van der Waals surface area contributed by atoms with Crippen molar-refractivity contribution in [3.05, 3.63) is 11.9 Å². The van der Waals surface area contributed by atoms with Crippen LogP contribution in [0, 0.1) is 0 Å². The van der Waals surface area contributed by atoms with Crippen LogP contribution in [0.3, 0.4) is 0 Å². The third-order valence-corrected chi connectivity index (χ3v) is 2.49. The molecular weight excluding hydrogens is 232 g/mol. The van der Waals surface area contributed by atoms with Crippen LogP contribution in [0.15, 0.2) is 6.20 Å². The van der Waals surface area contributed by atoms with Gasteiger partial charge >= 0.3 is 0 Å². The lowest BCUT2D eigenvalue weighted by atomic mass is 10.2. The van der Waals surface area contributed by atoms with E-state index in [1.54, 1.807) is 11.8 Å². The molecule has 1 aromatic rings. The van der Waals surface area contributed by atoms with E-state index in [4.69, 9.17) is 4.74 Å². The maximum atomic E-state index is 11.3. The van der Waals surface area contributed by atoms with Gasteiger partial charge in [0.2, 0.25) is 5.91 Å². The van der Waals surface area contributed by atoms with Gasteiger partial charge in [-0.1, -0.05) is 12.1 Å². The summed E-state index contributed by atoms with van der Waals surface area (Å²) in [4.78, 5) is 11.3. The summed E-state index contributed by atoms with van der Waals surface area (Å²) in [5.41, 5.74) is 0.832. The Morgan fingerprint density at radius 3 is 3.06 bits per heavy atom. The number of nitrogens with zero attached hydrogens (tertiary/aromatic N) is 3. The predicted molar refractivity (Wildman–Crippen MR) is 67.9 cm³/mol. The van der Waals surface area contributed by atoms with Gasteiger partial charge in [0.15, 0.2) is 0 Å². The van der Waals surface area contributed by atoms with Gasteiger partial charge in [-0.2, -0.15) is 0 Å². The Kier molecular flexibility index (Phi) is 7.01. The number of unbranched alkanes of at least 4 members (excludes halogenated alkanes) is 1. The minimum Gasteiger partial charge on any atom is -0.378 e. The highest BCUT2D eigenvalue weighted by atomic mass is 16.5. The number of hydrogen-bond acceptors (Lipinski definition) is 4. The first kappa shape index (κ1) is 14.6. The van der Waals surface area contributed by atoms with Crippen LogP contribution in [0.1, 0.15) is 38.3 Å². The summed E-state index contributed by atoms with van der Waals surface area (Å²) in [6.45, 7) is 4.09. The van der Waals surface area contributed by atoms with E-state index in [9.17, 15) is 4.79 Å². The van der Waals surface area contributed by atoms with Gasteiger partial charge in [0.05, 0.1) is 12.8 Å². The lowest BCUT2D eigenvalue weighted by Gasteiger charge is -2.03. The van der Waals surface area contributed by atoms with E-state index in [2.05, 4.69) is 15.6 Å². The topological polar surface area (TPSA) is 69.0 Å². The Labute approximate surface area is 108 Å². The fourth-order valence-electron chi connectivity index (χ4n) is 1.57. The number of aryl methyl sites for hydroxylation is 1. The van der Waals surface area contributed by atoms with Gasteiger partial charge in [-0.3, -0.25) is 9.48 Å². The second-order valence-corrected chi connectivity index (χ2v) is 4.21. The molecule has 0 saturated heterocycles. The van der Waals surface area contributed by atoms with Crippen molar-refractivity contribution in [2.45, 2.75) is 45.8 Å². The number of nitrogens with one attached hydrogen (secondary N) is 1. The smallest absolute Gasteiger partial charge is 0.219 e. The van der Waals surface area contributed by atoms with E-state index in [0.29, 0.717) is 13.0 Å². The molecule has 0 aliphatic heterocycles. The van der Waals surface area contributed by atoms with Crippen LogP contribution in [-0.4, -0.2) is 34.6 Å². The van der Waals surface area contributed by atoms with Crippen LogP contribution < -0.4 is 5.32 Å². The molecule has 1 N–H and O–H groups in total. The quantitative estimate of drug-likeness (QED) is 0.670. The molecule has 1 rings (SSSR count). The molecule has 6 heteroatoms. The lowest BCUT2D eigenvalue weighted by Crippen LogP contribution is -2.23. The Hall–Kier alpha value is -1.43.